The first-order chi connectivity index (χ1) is 11.3. The first-order valence-corrected chi connectivity index (χ1v) is 8.75. The molecule has 2 aliphatic heterocycles. The van der Waals surface area contributed by atoms with E-state index in [1.54, 1.807) is 0 Å². The standard InChI is InChI=1S/C20H26O4/c1-12-6-5-7-13(2)10-16-15(14(3)19(22)23-16)11-17(21)20(4)18(24-20)9-8-12/h6,10,15-16,18H,3,5,7-9,11H2,1-2,4H3/b12-6+,13-10+/t15-,16-,18-,20+/m0/s1. The van der Waals surface area contributed by atoms with Crippen LogP contribution in [0.25, 0.3) is 0 Å². The molecule has 0 radical (unpaired) electrons. The number of rotatable bonds is 0. The van der Waals surface area contributed by atoms with Gasteiger partial charge in [-0.1, -0.05) is 23.8 Å². The number of ketones is 1. The van der Waals surface area contributed by atoms with Gasteiger partial charge in [-0.3, -0.25) is 4.79 Å². The monoisotopic (exact) mass is 330 g/mol. The summed E-state index contributed by atoms with van der Waals surface area (Å²) in [5, 5.41) is 0. The number of esters is 1. The van der Waals surface area contributed by atoms with Crippen LogP contribution < -0.4 is 0 Å². The minimum atomic E-state index is -0.709. The molecule has 2 fully saturated rings. The summed E-state index contributed by atoms with van der Waals surface area (Å²) >= 11 is 0. The largest absolute Gasteiger partial charge is 0.454 e. The van der Waals surface area contributed by atoms with Crippen LogP contribution in [-0.4, -0.2) is 29.6 Å². The van der Waals surface area contributed by atoms with Crippen molar-refractivity contribution >= 4 is 11.8 Å². The van der Waals surface area contributed by atoms with Gasteiger partial charge in [0.25, 0.3) is 0 Å². The van der Waals surface area contributed by atoms with Crippen molar-refractivity contribution in [2.75, 3.05) is 0 Å². The lowest BCUT2D eigenvalue weighted by Gasteiger charge is -2.17. The molecule has 130 valence electrons. The molecule has 0 bridgehead atoms. The molecule has 0 N–H and O–H groups in total. The Hall–Kier alpha value is -1.68. The zero-order chi connectivity index (χ0) is 17.5. The van der Waals surface area contributed by atoms with E-state index in [-0.39, 0.29) is 36.3 Å². The lowest BCUT2D eigenvalue weighted by atomic mass is 9.85. The highest BCUT2D eigenvalue weighted by molar-refractivity contribution is 5.95. The van der Waals surface area contributed by atoms with Crippen molar-refractivity contribution in [1.82, 2.24) is 0 Å². The maximum Gasteiger partial charge on any atom is 0.334 e. The number of Topliss-reactive ketones (excluding diaryl/α,β-unsaturated/α-hetero) is 1. The second-order valence-corrected chi connectivity index (χ2v) is 7.48. The Morgan fingerprint density at radius 2 is 1.96 bits per heavy atom. The predicted molar refractivity (Wildman–Crippen MR) is 91.4 cm³/mol. The highest BCUT2D eigenvalue weighted by Crippen LogP contribution is 2.44. The van der Waals surface area contributed by atoms with Gasteiger partial charge in [0, 0.05) is 17.9 Å². The number of hydrogen-bond donors (Lipinski definition) is 0. The van der Waals surface area contributed by atoms with Crippen molar-refractivity contribution in [3.8, 4) is 0 Å². The van der Waals surface area contributed by atoms with Gasteiger partial charge in [-0.05, 0) is 52.5 Å². The summed E-state index contributed by atoms with van der Waals surface area (Å²) in [6.07, 6.45) is 7.80. The summed E-state index contributed by atoms with van der Waals surface area (Å²) in [5.41, 5.74) is 2.21. The van der Waals surface area contributed by atoms with Gasteiger partial charge in [0.15, 0.2) is 5.78 Å². The van der Waals surface area contributed by atoms with Gasteiger partial charge in [-0.2, -0.15) is 0 Å². The zero-order valence-corrected chi connectivity index (χ0v) is 14.8. The maximum atomic E-state index is 12.7. The van der Waals surface area contributed by atoms with Gasteiger partial charge in [0.1, 0.15) is 11.7 Å². The van der Waals surface area contributed by atoms with E-state index >= 15 is 0 Å². The fourth-order valence-corrected chi connectivity index (χ4v) is 3.63. The summed E-state index contributed by atoms with van der Waals surface area (Å²) in [6, 6.07) is 0. The van der Waals surface area contributed by atoms with Crippen LogP contribution in [0.1, 0.15) is 52.9 Å². The quantitative estimate of drug-likeness (QED) is 0.294. The average Bonchev–Trinajstić information content (AvgIpc) is 3.13. The number of allylic oxidation sites excluding steroid dienone is 3. The fourth-order valence-electron chi connectivity index (χ4n) is 3.63. The van der Waals surface area contributed by atoms with Crippen molar-refractivity contribution < 1.29 is 19.1 Å². The van der Waals surface area contributed by atoms with Crippen molar-refractivity contribution in [3.05, 3.63) is 35.5 Å². The van der Waals surface area contributed by atoms with Crippen molar-refractivity contribution in [1.29, 1.82) is 0 Å². The van der Waals surface area contributed by atoms with E-state index in [9.17, 15) is 9.59 Å². The predicted octanol–water partition coefficient (Wildman–Crippen LogP) is 3.67. The van der Waals surface area contributed by atoms with Crippen LogP contribution in [-0.2, 0) is 19.1 Å². The first-order valence-electron chi connectivity index (χ1n) is 8.75. The average molecular weight is 330 g/mol. The van der Waals surface area contributed by atoms with Crippen LogP contribution in [0, 0.1) is 5.92 Å². The number of carbonyl (C=O) groups excluding carboxylic acids is 2. The van der Waals surface area contributed by atoms with Crippen LogP contribution in [0.4, 0.5) is 0 Å². The van der Waals surface area contributed by atoms with Crippen molar-refractivity contribution in [2.45, 2.75) is 70.7 Å². The van der Waals surface area contributed by atoms with Crippen molar-refractivity contribution in [3.63, 3.8) is 0 Å². The SMILES string of the molecule is C=C1C(=O)O[C@H]2/C=C(\C)CC/C=C(\C)CC[C@@H]3O[C@]3(C)C(=O)C[C@@H]12. The number of carbonyl (C=O) groups is 2. The Labute approximate surface area is 143 Å². The molecule has 0 aromatic rings. The molecule has 4 nitrogen and oxygen atoms in total. The zero-order valence-electron chi connectivity index (χ0n) is 14.8. The van der Waals surface area contributed by atoms with Crippen LogP contribution in [0.5, 0.6) is 0 Å². The molecular formula is C20H26O4. The molecule has 3 rings (SSSR count). The normalized spacial score (nSPS) is 42.0. The Morgan fingerprint density at radius 1 is 1.21 bits per heavy atom. The molecule has 3 aliphatic rings. The first kappa shape index (κ1) is 17.2. The molecule has 1 aliphatic carbocycles. The number of ether oxygens (including phenoxy) is 2. The second-order valence-electron chi connectivity index (χ2n) is 7.48. The van der Waals surface area contributed by atoms with Gasteiger partial charge in [-0.15, -0.1) is 0 Å². The molecular weight excluding hydrogens is 304 g/mol. The molecule has 0 spiro atoms. The van der Waals surface area contributed by atoms with Crippen LogP contribution in [0.15, 0.2) is 35.5 Å². The Morgan fingerprint density at radius 3 is 2.71 bits per heavy atom. The molecule has 2 saturated heterocycles. The highest BCUT2D eigenvalue weighted by atomic mass is 16.6. The lowest BCUT2D eigenvalue weighted by Crippen LogP contribution is -2.29. The fraction of sp³-hybridized carbons (Fsp3) is 0.600. The Bertz CT molecular complexity index is 642. The summed E-state index contributed by atoms with van der Waals surface area (Å²) in [7, 11) is 0. The number of hydrogen-bond acceptors (Lipinski definition) is 4. The van der Waals surface area contributed by atoms with E-state index in [0.29, 0.717) is 5.57 Å². The molecule has 0 unspecified atom stereocenters. The second kappa shape index (κ2) is 6.32. The van der Waals surface area contributed by atoms with Crippen molar-refractivity contribution in [2.24, 2.45) is 5.92 Å². The van der Waals surface area contributed by atoms with Crippen LogP contribution >= 0.6 is 0 Å². The van der Waals surface area contributed by atoms with E-state index in [1.807, 2.05) is 19.9 Å². The molecule has 4 atom stereocenters. The van der Waals surface area contributed by atoms with E-state index in [2.05, 4.69) is 19.6 Å². The van der Waals surface area contributed by atoms with Crippen LogP contribution in [0.3, 0.4) is 0 Å². The molecule has 0 aromatic carbocycles. The van der Waals surface area contributed by atoms with Gasteiger partial charge >= 0.3 is 5.97 Å². The third-order valence-electron chi connectivity index (χ3n) is 5.53. The van der Waals surface area contributed by atoms with Gasteiger partial charge in [0.2, 0.25) is 0 Å². The molecule has 0 saturated carbocycles. The maximum absolute atomic E-state index is 12.7. The third-order valence-corrected chi connectivity index (χ3v) is 5.53. The number of fused-ring (bicyclic) bond motifs is 2. The van der Waals surface area contributed by atoms with E-state index in [4.69, 9.17) is 9.47 Å². The third kappa shape index (κ3) is 3.25. The summed E-state index contributed by atoms with van der Waals surface area (Å²) in [5.74, 6) is -0.617. The van der Waals surface area contributed by atoms with Gasteiger partial charge < -0.3 is 9.47 Å². The van der Waals surface area contributed by atoms with E-state index in [1.165, 1.54) is 11.1 Å². The minimum absolute atomic E-state index is 0.0155. The smallest absolute Gasteiger partial charge is 0.334 e. The van der Waals surface area contributed by atoms with E-state index in [0.717, 1.165) is 25.7 Å². The highest BCUT2D eigenvalue weighted by Gasteiger charge is 2.58. The molecule has 24 heavy (non-hydrogen) atoms. The van der Waals surface area contributed by atoms with Gasteiger partial charge in [0.05, 0.1) is 6.10 Å². The van der Waals surface area contributed by atoms with E-state index < -0.39 is 5.60 Å². The summed E-state index contributed by atoms with van der Waals surface area (Å²) < 4.78 is 11.2. The lowest BCUT2D eigenvalue weighted by molar-refractivity contribution is -0.137. The molecule has 4 heteroatoms. The van der Waals surface area contributed by atoms with Gasteiger partial charge in [-0.25, -0.2) is 4.79 Å². The number of epoxide rings is 1. The summed E-state index contributed by atoms with van der Waals surface area (Å²) in [6.45, 7) is 9.88. The molecule has 0 aromatic heterocycles. The molecule has 2 heterocycles. The summed E-state index contributed by atoms with van der Waals surface area (Å²) in [4.78, 5) is 24.6. The topological polar surface area (TPSA) is 55.9 Å². The Kier molecular flexibility index (Phi) is 4.52. The Balaban J connectivity index is 1.86. The van der Waals surface area contributed by atoms with Crippen LogP contribution in [0.2, 0.25) is 0 Å². The molecule has 0 amide bonds. The minimum Gasteiger partial charge on any atom is -0.454 e.